The van der Waals surface area contributed by atoms with Gasteiger partial charge in [0, 0.05) is 16.8 Å². The fourth-order valence-corrected chi connectivity index (χ4v) is 2.75. The van der Waals surface area contributed by atoms with Crippen molar-refractivity contribution in [3.63, 3.8) is 0 Å². The predicted molar refractivity (Wildman–Crippen MR) is 108 cm³/mol. The quantitative estimate of drug-likeness (QED) is 0.524. The number of aromatic hydroxyl groups is 1. The van der Waals surface area contributed by atoms with Crippen LogP contribution < -0.4 is 4.74 Å². The summed E-state index contributed by atoms with van der Waals surface area (Å²) in [5.74, 6) is -1.44. The van der Waals surface area contributed by atoms with E-state index in [1.54, 1.807) is 24.3 Å². The molecule has 3 aromatic rings. The Bertz CT molecular complexity index is 1030. The average Bonchev–Trinajstić information content (AvgIpc) is 2.69. The van der Waals surface area contributed by atoms with E-state index >= 15 is 0 Å². The van der Waals surface area contributed by atoms with E-state index < -0.39 is 17.9 Å². The van der Waals surface area contributed by atoms with Gasteiger partial charge in [-0.25, -0.2) is 9.18 Å². The number of phenols is 1. The van der Waals surface area contributed by atoms with Crippen molar-refractivity contribution in [3.8, 4) is 22.8 Å². The highest BCUT2D eigenvalue weighted by Crippen LogP contribution is 2.33. The lowest BCUT2D eigenvalue weighted by atomic mass is 10.1. The third kappa shape index (κ3) is 5.37. The first-order valence-electron chi connectivity index (χ1n) is 8.55. The van der Waals surface area contributed by atoms with Crippen LogP contribution in [-0.4, -0.2) is 22.2 Å². The Morgan fingerprint density at radius 3 is 2.52 bits per heavy atom. The first kappa shape index (κ1) is 20.9. The highest BCUT2D eigenvalue weighted by Gasteiger charge is 2.19. The third-order valence-electron chi connectivity index (χ3n) is 3.97. The van der Waals surface area contributed by atoms with E-state index in [1.165, 1.54) is 31.3 Å². The SMILES string of the molecule is CC(Oc1ccc(-c2ncc(Cl)cc2F)cc1O)C(=O)OCc1ccc(Cl)cc1. The summed E-state index contributed by atoms with van der Waals surface area (Å²) in [6.07, 6.45) is 0.338. The average molecular weight is 436 g/mol. The molecular weight excluding hydrogens is 420 g/mol. The molecule has 8 heteroatoms. The molecule has 0 amide bonds. The smallest absolute Gasteiger partial charge is 0.347 e. The van der Waals surface area contributed by atoms with Crippen molar-refractivity contribution in [3.05, 3.63) is 76.2 Å². The zero-order valence-corrected chi connectivity index (χ0v) is 16.7. The van der Waals surface area contributed by atoms with Crippen molar-refractivity contribution in [2.45, 2.75) is 19.6 Å². The van der Waals surface area contributed by atoms with Crippen LogP contribution in [-0.2, 0) is 16.1 Å². The van der Waals surface area contributed by atoms with Gasteiger partial charge >= 0.3 is 5.97 Å². The minimum atomic E-state index is -0.968. The molecule has 0 fully saturated rings. The summed E-state index contributed by atoms with van der Waals surface area (Å²) >= 11 is 11.5. The van der Waals surface area contributed by atoms with Gasteiger partial charge in [-0.15, -0.1) is 0 Å². The van der Waals surface area contributed by atoms with Crippen LogP contribution in [0.2, 0.25) is 10.0 Å². The summed E-state index contributed by atoms with van der Waals surface area (Å²) in [5.41, 5.74) is 1.15. The molecule has 0 bridgehead atoms. The Hall–Kier alpha value is -2.83. The van der Waals surface area contributed by atoms with Crippen LogP contribution in [0.4, 0.5) is 4.39 Å². The normalized spacial score (nSPS) is 11.7. The maximum atomic E-state index is 14.0. The Kier molecular flexibility index (Phi) is 6.56. The highest BCUT2D eigenvalue weighted by atomic mass is 35.5. The first-order chi connectivity index (χ1) is 13.8. The van der Waals surface area contributed by atoms with Crippen LogP contribution >= 0.6 is 23.2 Å². The molecule has 0 saturated heterocycles. The van der Waals surface area contributed by atoms with Gasteiger partial charge in [0.05, 0.1) is 5.02 Å². The maximum Gasteiger partial charge on any atom is 0.347 e. The second kappa shape index (κ2) is 9.11. The first-order valence-corrected chi connectivity index (χ1v) is 9.31. The van der Waals surface area contributed by atoms with Gasteiger partial charge in [-0.2, -0.15) is 0 Å². The van der Waals surface area contributed by atoms with E-state index in [1.807, 2.05) is 0 Å². The Balaban J connectivity index is 1.64. The highest BCUT2D eigenvalue weighted by molar-refractivity contribution is 6.30. The second-order valence-electron chi connectivity index (χ2n) is 6.16. The Labute approximate surface area is 176 Å². The fraction of sp³-hybridized carbons (Fsp3) is 0.143. The molecule has 1 heterocycles. The fourth-order valence-electron chi connectivity index (χ4n) is 2.48. The van der Waals surface area contributed by atoms with Crippen LogP contribution in [0, 0.1) is 5.82 Å². The van der Waals surface area contributed by atoms with Gasteiger partial charge in [0.15, 0.2) is 23.4 Å². The standard InChI is InChI=1S/C21H16Cl2FNO4/c1-12(21(27)28-11-13-2-5-15(22)6-3-13)29-19-7-4-14(8-18(19)26)20-17(24)9-16(23)10-25-20/h2-10,12,26H,11H2,1H3. The van der Waals surface area contributed by atoms with Gasteiger partial charge in [-0.1, -0.05) is 35.3 Å². The van der Waals surface area contributed by atoms with Crippen molar-refractivity contribution < 1.29 is 23.8 Å². The molecule has 5 nitrogen and oxygen atoms in total. The number of ether oxygens (including phenoxy) is 2. The number of hydrogen-bond acceptors (Lipinski definition) is 5. The number of aromatic nitrogens is 1. The van der Waals surface area contributed by atoms with Crippen molar-refractivity contribution in [2.75, 3.05) is 0 Å². The van der Waals surface area contributed by atoms with E-state index in [9.17, 15) is 14.3 Å². The monoisotopic (exact) mass is 435 g/mol. The number of benzene rings is 2. The molecule has 2 aromatic carbocycles. The zero-order valence-electron chi connectivity index (χ0n) is 15.2. The number of hydrogen-bond donors (Lipinski definition) is 1. The predicted octanol–water partition coefficient (Wildman–Crippen LogP) is 5.41. The van der Waals surface area contributed by atoms with E-state index in [4.69, 9.17) is 32.7 Å². The van der Waals surface area contributed by atoms with Crippen molar-refractivity contribution in [1.29, 1.82) is 0 Å². The topological polar surface area (TPSA) is 68.7 Å². The van der Waals surface area contributed by atoms with Crippen molar-refractivity contribution in [2.24, 2.45) is 0 Å². The van der Waals surface area contributed by atoms with Crippen LogP contribution in [0.25, 0.3) is 11.3 Å². The van der Waals surface area contributed by atoms with E-state index in [0.717, 1.165) is 11.6 Å². The number of halogens is 3. The lowest BCUT2D eigenvalue weighted by molar-refractivity contribution is -0.152. The maximum absolute atomic E-state index is 14.0. The van der Waals surface area contributed by atoms with Gasteiger partial charge < -0.3 is 14.6 Å². The van der Waals surface area contributed by atoms with E-state index in [2.05, 4.69) is 4.98 Å². The molecule has 29 heavy (non-hydrogen) atoms. The Morgan fingerprint density at radius 1 is 1.14 bits per heavy atom. The van der Waals surface area contributed by atoms with Gasteiger partial charge in [0.2, 0.25) is 0 Å². The van der Waals surface area contributed by atoms with Gasteiger partial charge in [-0.05, 0) is 48.9 Å². The number of nitrogens with zero attached hydrogens (tertiary/aromatic N) is 1. The molecular formula is C21H16Cl2FNO4. The van der Waals surface area contributed by atoms with E-state index in [-0.39, 0.29) is 28.8 Å². The minimum Gasteiger partial charge on any atom is -0.504 e. The van der Waals surface area contributed by atoms with Crippen molar-refractivity contribution in [1.82, 2.24) is 4.98 Å². The number of carbonyl (C=O) groups is 1. The molecule has 3 rings (SSSR count). The summed E-state index contributed by atoms with van der Waals surface area (Å²) in [7, 11) is 0. The number of rotatable bonds is 6. The van der Waals surface area contributed by atoms with Crippen LogP contribution in [0.3, 0.4) is 0 Å². The molecule has 1 aromatic heterocycles. The van der Waals surface area contributed by atoms with Crippen LogP contribution in [0.1, 0.15) is 12.5 Å². The molecule has 0 spiro atoms. The van der Waals surface area contributed by atoms with Gasteiger partial charge in [0.1, 0.15) is 12.3 Å². The zero-order chi connectivity index (χ0) is 21.0. The third-order valence-corrected chi connectivity index (χ3v) is 4.43. The molecule has 0 radical (unpaired) electrons. The Morgan fingerprint density at radius 2 is 1.86 bits per heavy atom. The molecule has 0 saturated carbocycles. The summed E-state index contributed by atoms with van der Waals surface area (Å²) in [6.45, 7) is 1.56. The molecule has 0 aliphatic heterocycles. The van der Waals surface area contributed by atoms with Gasteiger partial charge in [-0.3, -0.25) is 4.98 Å². The van der Waals surface area contributed by atoms with Crippen molar-refractivity contribution >= 4 is 29.2 Å². The van der Waals surface area contributed by atoms with Gasteiger partial charge in [0.25, 0.3) is 0 Å². The van der Waals surface area contributed by atoms with E-state index in [0.29, 0.717) is 10.6 Å². The molecule has 1 unspecified atom stereocenters. The molecule has 0 aliphatic rings. The second-order valence-corrected chi connectivity index (χ2v) is 7.03. The molecule has 1 N–H and O–H groups in total. The molecule has 150 valence electrons. The lowest BCUT2D eigenvalue weighted by Crippen LogP contribution is -2.26. The summed E-state index contributed by atoms with van der Waals surface area (Å²) < 4.78 is 24.7. The number of esters is 1. The van der Waals surface area contributed by atoms with Crippen LogP contribution in [0.5, 0.6) is 11.5 Å². The summed E-state index contributed by atoms with van der Waals surface area (Å²) in [4.78, 5) is 16.1. The van der Waals surface area contributed by atoms with Crippen LogP contribution in [0.15, 0.2) is 54.7 Å². The molecule has 1 atom stereocenters. The lowest BCUT2D eigenvalue weighted by Gasteiger charge is -2.15. The number of pyridine rings is 1. The minimum absolute atomic E-state index is 0.0340. The number of carbonyl (C=O) groups excluding carboxylic acids is 1. The number of phenolic OH excluding ortho intramolecular Hbond substituents is 1. The summed E-state index contributed by atoms with van der Waals surface area (Å²) in [6, 6.07) is 12.2. The largest absolute Gasteiger partial charge is 0.504 e. The molecule has 0 aliphatic carbocycles. The summed E-state index contributed by atoms with van der Waals surface area (Å²) in [5, 5.41) is 11.0.